The van der Waals surface area contributed by atoms with Crippen molar-refractivity contribution in [2.75, 3.05) is 0 Å². The van der Waals surface area contributed by atoms with Gasteiger partial charge in [-0.3, -0.25) is 4.79 Å². The van der Waals surface area contributed by atoms with Gasteiger partial charge in [0.2, 0.25) is 25.5 Å². The Morgan fingerprint density at radius 3 is 2.27 bits per heavy atom. The second-order valence-corrected chi connectivity index (χ2v) is 14.8. The summed E-state index contributed by atoms with van der Waals surface area (Å²) < 4.78 is 52.4. The average Bonchev–Trinajstić information content (AvgIpc) is 3.22. The molecule has 14 heteroatoms. The second kappa shape index (κ2) is 13.3. The Labute approximate surface area is 298 Å². The van der Waals surface area contributed by atoms with Crippen LogP contribution in [0.2, 0.25) is 0 Å². The van der Waals surface area contributed by atoms with Crippen LogP contribution >= 0.6 is 0 Å². The van der Waals surface area contributed by atoms with Gasteiger partial charge < -0.3 is 25.2 Å². The largest absolute Gasteiger partial charge is 1.00 e. The molecule has 2 aromatic rings. The Hall–Kier alpha value is -2.10. The molecule has 0 radical (unpaired) electrons. The van der Waals surface area contributed by atoms with Crippen LogP contribution in [-0.2, 0) is 31.2 Å². The van der Waals surface area contributed by atoms with Crippen molar-refractivity contribution >= 4 is 37.2 Å². The van der Waals surface area contributed by atoms with Gasteiger partial charge in [0, 0.05) is 11.1 Å². The van der Waals surface area contributed by atoms with Crippen LogP contribution in [0.15, 0.2) is 97.5 Å². The van der Waals surface area contributed by atoms with Crippen LogP contribution in [0.4, 0.5) is 0 Å². The summed E-state index contributed by atoms with van der Waals surface area (Å²) in [5, 5.41) is 32.4. The monoisotopic (exact) mass is 654 g/mol. The number of aliphatic hydroxyl groups excluding tert-OH is 1. The summed E-state index contributed by atoms with van der Waals surface area (Å²) >= 11 is 0. The Morgan fingerprint density at radius 1 is 0.955 bits per heavy atom. The fourth-order valence-corrected chi connectivity index (χ4v) is 8.55. The van der Waals surface area contributed by atoms with Crippen LogP contribution < -0.4 is 69.5 Å². The number of carbonyl (C=O) groups excluding carboxylic acids is 2. The molecule has 0 saturated carbocycles. The topological polar surface area (TPSA) is 178 Å². The first-order chi connectivity index (χ1) is 19.7. The third-order valence-electron chi connectivity index (χ3n) is 7.24. The van der Waals surface area contributed by atoms with Crippen molar-refractivity contribution < 1.29 is 106 Å². The normalized spacial score (nSPS) is 21.1. The molecule has 44 heavy (non-hydrogen) atoms. The van der Waals surface area contributed by atoms with E-state index in [0.717, 1.165) is 18.2 Å². The molecule has 3 aliphatic rings. The summed E-state index contributed by atoms with van der Waals surface area (Å²) in [5.74, 6) is -2.73. The third kappa shape index (κ3) is 6.70. The summed E-state index contributed by atoms with van der Waals surface area (Å²) in [4.78, 5) is 26.6. The van der Waals surface area contributed by atoms with Gasteiger partial charge >= 0.3 is 59.1 Å². The number of hydrogen-bond acceptors (Lipinski definition) is 10. The average molecular weight is 655 g/mol. The van der Waals surface area contributed by atoms with Gasteiger partial charge in [0.25, 0.3) is 0 Å². The first-order valence-electron chi connectivity index (χ1n) is 12.7. The summed E-state index contributed by atoms with van der Waals surface area (Å²) in [6.45, 7) is 3.62. The Morgan fingerprint density at radius 2 is 1.61 bits per heavy atom. The molecule has 10 nitrogen and oxygen atoms in total. The van der Waals surface area contributed by atoms with Crippen molar-refractivity contribution in [1.82, 2.24) is 0 Å². The number of allylic oxidation sites excluding steroid dienone is 8. The number of carboxylic acids is 1. The van der Waals surface area contributed by atoms with Crippen LogP contribution in [0.1, 0.15) is 58.5 Å². The summed E-state index contributed by atoms with van der Waals surface area (Å²) in [5.41, 5.74) is 1.04. The molecule has 0 unspecified atom stereocenters. The van der Waals surface area contributed by atoms with E-state index in [1.807, 2.05) is 13.8 Å². The van der Waals surface area contributed by atoms with Crippen LogP contribution in [0, 0.1) is 5.41 Å². The van der Waals surface area contributed by atoms with Gasteiger partial charge in [-0.2, -0.15) is 0 Å². The van der Waals surface area contributed by atoms with Crippen molar-refractivity contribution in [3.05, 3.63) is 110 Å². The number of Topliss-reactive ketones (excluding diaryl/α,β-unsaturated/α-hetero) is 1. The SMILES string of the molecule is CC1(C)CC(=CC=C2C(=O)c3ccc(C(=O)[O-])cc3S2(=O)=O)C=C(C=CC2=C(O)c3ccc(CO[O-])cc3S2(=O)=O)C1.[Na+].[Na+]. The maximum absolute atomic E-state index is 13.2. The number of aromatic carboxylic acids is 1. The molecule has 0 saturated heterocycles. The first-order valence-corrected chi connectivity index (χ1v) is 15.6. The van der Waals surface area contributed by atoms with E-state index >= 15 is 0 Å². The molecule has 5 rings (SSSR count). The minimum atomic E-state index is -4.25. The van der Waals surface area contributed by atoms with E-state index in [2.05, 4.69) is 4.89 Å². The van der Waals surface area contributed by atoms with E-state index in [1.54, 1.807) is 12.2 Å². The van der Waals surface area contributed by atoms with Crippen molar-refractivity contribution in [3.63, 3.8) is 0 Å². The number of benzene rings is 2. The molecule has 0 bridgehead atoms. The number of aliphatic hydroxyl groups is 1. The van der Waals surface area contributed by atoms with Crippen LogP contribution in [0.3, 0.4) is 0 Å². The molecule has 1 aliphatic carbocycles. The van der Waals surface area contributed by atoms with Crippen molar-refractivity contribution in [3.8, 4) is 0 Å². The number of hydrogen-bond donors (Lipinski definition) is 1. The van der Waals surface area contributed by atoms with Gasteiger partial charge in [-0.25, -0.2) is 16.8 Å². The summed E-state index contributed by atoms with van der Waals surface area (Å²) in [6.07, 6.45) is 8.37. The van der Waals surface area contributed by atoms with Crippen molar-refractivity contribution in [1.29, 1.82) is 0 Å². The zero-order valence-electron chi connectivity index (χ0n) is 24.4. The summed E-state index contributed by atoms with van der Waals surface area (Å²) in [7, 11) is -8.32. The molecular weight excluding hydrogens is 630 g/mol. The molecule has 0 aromatic heterocycles. The van der Waals surface area contributed by atoms with E-state index in [1.165, 1.54) is 36.4 Å². The third-order valence-corrected chi connectivity index (χ3v) is 10.9. The van der Waals surface area contributed by atoms with E-state index in [9.17, 15) is 41.9 Å². The van der Waals surface area contributed by atoms with Gasteiger partial charge in [-0.05, 0) is 76.9 Å². The van der Waals surface area contributed by atoms with Gasteiger partial charge in [0.1, 0.15) is 15.6 Å². The summed E-state index contributed by atoms with van der Waals surface area (Å²) in [6, 6.07) is 7.36. The molecule has 1 N–H and O–H groups in total. The smallest absolute Gasteiger partial charge is 0.723 e. The number of ketones is 1. The zero-order chi connectivity index (χ0) is 30.6. The molecule has 0 atom stereocenters. The Balaban J connectivity index is 0.00000264. The molecule has 0 fully saturated rings. The number of fused-ring (bicyclic) bond motifs is 2. The standard InChI is InChI=1S/C30H26O10S2.2Na/c1-30(2)14-17(4-9-23-27(31)21-7-3-19(16-40-35)12-25(21)41(23,36)37)11-18(15-30)5-10-24-28(32)22-8-6-20(29(33)34)13-26(22)42(24,38)39;;/h3-13,31,35H,14-16H2,1-2H3,(H,33,34);;/q;2*+1/p-2. The Bertz CT molecular complexity index is 1950. The quantitative estimate of drug-likeness (QED) is 0.143. The molecule has 0 spiro atoms. The van der Waals surface area contributed by atoms with Gasteiger partial charge in [-0.1, -0.05) is 44.2 Å². The van der Waals surface area contributed by atoms with Crippen molar-refractivity contribution in [2.45, 2.75) is 43.1 Å². The van der Waals surface area contributed by atoms with E-state index in [0.29, 0.717) is 29.6 Å². The second-order valence-electron chi connectivity index (χ2n) is 11.0. The minimum absolute atomic E-state index is 0. The zero-order valence-corrected chi connectivity index (χ0v) is 30.0. The van der Waals surface area contributed by atoms with E-state index < -0.39 is 42.1 Å². The number of carbonyl (C=O) groups is 2. The maximum Gasteiger partial charge on any atom is 1.00 e. The fourth-order valence-electron chi connectivity index (χ4n) is 5.37. The number of sulfone groups is 2. The minimum Gasteiger partial charge on any atom is -0.723 e. The molecule has 2 aromatic carbocycles. The van der Waals surface area contributed by atoms with Crippen LogP contribution in [0.5, 0.6) is 0 Å². The van der Waals surface area contributed by atoms with Crippen LogP contribution in [0.25, 0.3) is 5.76 Å². The van der Waals surface area contributed by atoms with Gasteiger partial charge in [-0.15, -0.1) is 0 Å². The predicted molar refractivity (Wildman–Crippen MR) is 147 cm³/mol. The predicted octanol–water partition coefficient (Wildman–Crippen LogP) is -3.35. The van der Waals surface area contributed by atoms with E-state index in [4.69, 9.17) is 0 Å². The Kier molecular flexibility index (Phi) is 11.0. The van der Waals surface area contributed by atoms with Gasteiger partial charge in [0.05, 0.1) is 22.4 Å². The number of rotatable bonds is 6. The van der Waals surface area contributed by atoms with Crippen LogP contribution in [-0.4, -0.2) is 33.7 Å². The van der Waals surface area contributed by atoms with E-state index in [-0.39, 0.29) is 103 Å². The first kappa shape index (κ1) is 36.4. The molecular formula is C30H24Na2O10S2. The molecule has 0 amide bonds. The molecule has 2 heterocycles. The van der Waals surface area contributed by atoms with Crippen molar-refractivity contribution in [2.24, 2.45) is 5.41 Å². The van der Waals surface area contributed by atoms with Gasteiger partial charge in [0.15, 0.2) is 0 Å². The maximum atomic E-state index is 13.2. The molecule has 218 valence electrons. The molecule has 2 aliphatic heterocycles. The number of carboxylic acid groups (broad SMARTS) is 1. The fraction of sp³-hybridized carbons (Fsp3) is 0.200.